The predicted molar refractivity (Wildman–Crippen MR) is 85.4 cm³/mol. The summed E-state index contributed by atoms with van der Waals surface area (Å²) in [5.74, 6) is -2.64. The molecule has 0 fully saturated rings. The molecule has 2 amide bonds. The molecule has 0 unspecified atom stereocenters. The van der Waals surface area contributed by atoms with E-state index in [1.807, 2.05) is 13.8 Å². The first kappa shape index (κ1) is 21.3. The quantitative estimate of drug-likeness (QED) is 0.384. The Kier molecular flexibility index (Phi) is 8.78. The van der Waals surface area contributed by atoms with Crippen molar-refractivity contribution in [1.29, 1.82) is 0 Å². The summed E-state index contributed by atoms with van der Waals surface area (Å²) in [6.07, 6.45) is -0.754. The molecular weight excluding hydrogens is 302 g/mol. The molecule has 0 aromatic rings. The van der Waals surface area contributed by atoms with Crippen LogP contribution in [-0.2, 0) is 14.4 Å². The van der Waals surface area contributed by atoms with Gasteiger partial charge in [0.15, 0.2) is 0 Å². The lowest BCUT2D eigenvalue weighted by Gasteiger charge is -2.26. The van der Waals surface area contributed by atoms with Crippen LogP contribution >= 0.6 is 0 Å². The third-order valence-electron chi connectivity index (χ3n) is 3.36. The van der Waals surface area contributed by atoms with E-state index in [0.29, 0.717) is 6.42 Å². The minimum atomic E-state index is -1.26. The van der Waals surface area contributed by atoms with Crippen LogP contribution in [-0.4, -0.2) is 52.2 Å². The molecule has 6 N–H and O–H groups in total. The van der Waals surface area contributed by atoms with Crippen LogP contribution in [0.3, 0.4) is 0 Å². The van der Waals surface area contributed by atoms with Crippen molar-refractivity contribution in [1.82, 2.24) is 10.6 Å². The molecule has 0 saturated heterocycles. The molecule has 0 radical (unpaired) electrons. The van der Waals surface area contributed by atoms with E-state index in [1.165, 1.54) is 6.92 Å². The average Bonchev–Trinajstić information content (AvgIpc) is 2.39. The Bertz CT molecular complexity index is 423. The molecule has 8 nitrogen and oxygen atoms in total. The number of aliphatic hydroxyl groups is 1. The molecule has 0 spiro atoms. The van der Waals surface area contributed by atoms with Gasteiger partial charge in [-0.25, -0.2) is 4.79 Å². The van der Waals surface area contributed by atoms with Gasteiger partial charge >= 0.3 is 5.97 Å². The topological polar surface area (TPSA) is 142 Å². The number of carbonyl (C=O) groups excluding carboxylic acids is 2. The Morgan fingerprint density at radius 3 is 1.78 bits per heavy atom. The monoisotopic (exact) mass is 331 g/mol. The van der Waals surface area contributed by atoms with Gasteiger partial charge in [-0.2, -0.15) is 0 Å². The Labute approximate surface area is 136 Å². The number of aliphatic carboxylic acids is 1. The van der Waals surface area contributed by atoms with Crippen LogP contribution in [0.15, 0.2) is 0 Å². The second kappa shape index (κ2) is 9.46. The van der Waals surface area contributed by atoms with Gasteiger partial charge in [-0.15, -0.1) is 0 Å². The maximum Gasteiger partial charge on any atom is 0.326 e. The molecular formula is C15H29N3O5. The summed E-state index contributed by atoms with van der Waals surface area (Å²) < 4.78 is 0. The first-order valence-electron chi connectivity index (χ1n) is 7.74. The number of carbonyl (C=O) groups is 3. The molecule has 0 aliphatic rings. The van der Waals surface area contributed by atoms with Gasteiger partial charge in [-0.05, 0) is 25.2 Å². The Morgan fingerprint density at radius 1 is 0.957 bits per heavy atom. The van der Waals surface area contributed by atoms with Gasteiger partial charge in [0, 0.05) is 0 Å². The van der Waals surface area contributed by atoms with E-state index < -0.39 is 42.0 Å². The molecule has 0 aromatic carbocycles. The molecule has 0 saturated carbocycles. The average molecular weight is 331 g/mol. The maximum atomic E-state index is 12.2. The molecule has 8 heteroatoms. The third kappa shape index (κ3) is 7.43. The summed E-state index contributed by atoms with van der Waals surface area (Å²) in [6, 6.07) is -3.17. The fourth-order valence-electron chi connectivity index (χ4n) is 2.04. The Balaban J connectivity index is 4.94. The van der Waals surface area contributed by atoms with E-state index in [0.717, 1.165) is 0 Å². The smallest absolute Gasteiger partial charge is 0.326 e. The van der Waals surface area contributed by atoms with Gasteiger partial charge < -0.3 is 26.6 Å². The standard InChI is InChI=1S/C15H29N3O5/c1-7(2)6-10(16)13(20)18-12(9(5)19)14(21)17-11(8(3)4)15(22)23/h7-12,19H,6,16H2,1-5H3,(H,17,21)(H,18,20)(H,22,23)/t9-,10+,11+,12+/m1/s1. The highest BCUT2D eigenvalue weighted by Crippen LogP contribution is 2.06. The van der Waals surface area contributed by atoms with Gasteiger partial charge in [0.2, 0.25) is 11.8 Å². The second-order valence-corrected chi connectivity index (χ2v) is 6.53. The zero-order valence-corrected chi connectivity index (χ0v) is 14.4. The number of hydrogen-bond donors (Lipinski definition) is 5. The first-order chi connectivity index (χ1) is 10.5. The lowest BCUT2D eigenvalue weighted by atomic mass is 10.0. The molecule has 0 heterocycles. The van der Waals surface area contributed by atoms with E-state index in [1.54, 1.807) is 13.8 Å². The van der Waals surface area contributed by atoms with Crippen LogP contribution < -0.4 is 16.4 Å². The fourth-order valence-corrected chi connectivity index (χ4v) is 2.04. The van der Waals surface area contributed by atoms with Crippen molar-refractivity contribution in [3.8, 4) is 0 Å². The zero-order chi connectivity index (χ0) is 18.3. The van der Waals surface area contributed by atoms with Crippen molar-refractivity contribution >= 4 is 17.8 Å². The van der Waals surface area contributed by atoms with Crippen molar-refractivity contribution in [2.45, 2.75) is 65.3 Å². The minimum absolute atomic E-state index is 0.201. The van der Waals surface area contributed by atoms with Crippen LogP contribution in [0.1, 0.15) is 41.0 Å². The van der Waals surface area contributed by atoms with Crippen molar-refractivity contribution in [3.05, 3.63) is 0 Å². The number of nitrogens with two attached hydrogens (primary N) is 1. The van der Waals surface area contributed by atoms with E-state index in [2.05, 4.69) is 10.6 Å². The van der Waals surface area contributed by atoms with Crippen LogP contribution in [0.5, 0.6) is 0 Å². The minimum Gasteiger partial charge on any atom is -0.480 e. The summed E-state index contributed by atoms with van der Waals surface area (Å²) in [6.45, 7) is 8.45. The van der Waals surface area contributed by atoms with Gasteiger partial charge in [0.1, 0.15) is 12.1 Å². The number of carboxylic acid groups (broad SMARTS) is 1. The Morgan fingerprint density at radius 2 is 1.43 bits per heavy atom. The van der Waals surface area contributed by atoms with Crippen molar-refractivity contribution in [2.24, 2.45) is 17.6 Å². The van der Waals surface area contributed by atoms with E-state index in [9.17, 15) is 19.5 Å². The zero-order valence-electron chi connectivity index (χ0n) is 14.4. The van der Waals surface area contributed by atoms with E-state index >= 15 is 0 Å². The SMILES string of the molecule is CC(C)C[C@H](N)C(=O)N[C@H](C(=O)N[C@H](C(=O)O)C(C)C)[C@@H](C)O. The van der Waals surface area contributed by atoms with Crippen molar-refractivity contribution in [2.75, 3.05) is 0 Å². The first-order valence-corrected chi connectivity index (χ1v) is 7.74. The number of hydrogen-bond acceptors (Lipinski definition) is 5. The lowest BCUT2D eigenvalue weighted by molar-refractivity contribution is -0.144. The molecule has 0 aromatic heterocycles. The number of aliphatic hydroxyl groups excluding tert-OH is 1. The van der Waals surface area contributed by atoms with Crippen LogP contribution in [0.25, 0.3) is 0 Å². The summed E-state index contributed by atoms with van der Waals surface area (Å²) in [4.78, 5) is 35.3. The number of nitrogens with one attached hydrogen (secondary N) is 2. The number of carboxylic acids is 1. The fraction of sp³-hybridized carbons (Fsp3) is 0.800. The normalized spacial score (nSPS) is 16.6. The van der Waals surface area contributed by atoms with Crippen LogP contribution in [0.4, 0.5) is 0 Å². The van der Waals surface area contributed by atoms with Crippen LogP contribution in [0, 0.1) is 11.8 Å². The predicted octanol–water partition coefficient (Wildman–Crippen LogP) is -0.549. The lowest BCUT2D eigenvalue weighted by Crippen LogP contribution is -2.58. The molecule has 0 aliphatic carbocycles. The van der Waals surface area contributed by atoms with E-state index in [4.69, 9.17) is 10.8 Å². The van der Waals surface area contributed by atoms with Gasteiger partial charge in [0.05, 0.1) is 12.1 Å². The molecule has 0 bridgehead atoms. The van der Waals surface area contributed by atoms with E-state index in [-0.39, 0.29) is 11.8 Å². The number of rotatable bonds is 9. The summed E-state index contributed by atoms with van der Waals surface area (Å²) in [5, 5.41) is 23.5. The van der Waals surface area contributed by atoms with Crippen molar-refractivity contribution < 1.29 is 24.6 Å². The highest BCUT2D eigenvalue weighted by Gasteiger charge is 2.32. The maximum absolute atomic E-state index is 12.2. The van der Waals surface area contributed by atoms with Crippen molar-refractivity contribution in [3.63, 3.8) is 0 Å². The summed E-state index contributed by atoms with van der Waals surface area (Å²) in [5.41, 5.74) is 5.74. The highest BCUT2D eigenvalue weighted by atomic mass is 16.4. The van der Waals surface area contributed by atoms with Gasteiger partial charge in [0.25, 0.3) is 0 Å². The summed E-state index contributed by atoms with van der Waals surface area (Å²) >= 11 is 0. The molecule has 4 atom stereocenters. The Hall–Kier alpha value is -1.67. The summed E-state index contributed by atoms with van der Waals surface area (Å²) in [7, 11) is 0. The third-order valence-corrected chi connectivity index (χ3v) is 3.36. The largest absolute Gasteiger partial charge is 0.480 e. The highest BCUT2D eigenvalue weighted by molar-refractivity contribution is 5.92. The number of amides is 2. The molecule has 0 rings (SSSR count). The second-order valence-electron chi connectivity index (χ2n) is 6.53. The van der Waals surface area contributed by atoms with Crippen LogP contribution in [0.2, 0.25) is 0 Å². The molecule has 0 aliphatic heterocycles. The molecule has 23 heavy (non-hydrogen) atoms. The van der Waals surface area contributed by atoms with Gasteiger partial charge in [-0.3, -0.25) is 9.59 Å². The van der Waals surface area contributed by atoms with Gasteiger partial charge in [-0.1, -0.05) is 27.7 Å². The molecule has 134 valence electrons.